The third-order valence-corrected chi connectivity index (χ3v) is 1.79. The maximum Gasteiger partial charge on any atom is 0.328 e. The van der Waals surface area contributed by atoms with E-state index < -0.39 is 17.9 Å². The van der Waals surface area contributed by atoms with Gasteiger partial charge in [-0.05, 0) is 0 Å². The average molecular weight is 242 g/mol. The van der Waals surface area contributed by atoms with E-state index in [9.17, 15) is 14.4 Å². The number of imide groups is 1. The number of aromatic nitrogens is 2. The maximum absolute atomic E-state index is 11.1. The Kier molecular flexibility index (Phi) is 4.09. The van der Waals surface area contributed by atoms with Crippen molar-refractivity contribution < 1.29 is 19.5 Å². The van der Waals surface area contributed by atoms with E-state index in [0.29, 0.717) is 11.1 Å². The SMILES string of the molecule is O=C(O)/C=C/C(=O)NC(=O)Nc1cnns1. The first-order valence-corrected chi connectivity index (χ1v) is 4.65. The molecule has 0 atom stereocenters. The summed E-state index contributed by atoms with van der Waals surface area (Å²) in [4.78, 5) is 32.1. The molecule has 3 N–H and O–H groups in total. The molecule has 0 aromatic carbocycles. The number of nitrogens with zero attached hydrogens (tertiary/aromatic N) is 2. The van der Waals surface area contributed by atoms with E-state index in [0.717, 1.165) is 17.6 Å². The van der Waals surface area contributed by atoms with E-state index in [1.807, 2.05) is 5.32 Å². The van der Waals surface area contributed by atoms with Crippen molar-refractivity contribution in [3.8, 4) is 0 Å². The standard InChI is InChI=1S/C7H6N4O4S/c12-4(1-2-6(13)14)9-7(15)10-5-3-8-11-16-5/h1-3H,(H,13,14)(H2,9,10,12,15)/b2-1+. The van der Waals surface area contributed by atoms with Crippen LogP contribution >= 0.6 is 11.5 Å². The topological polar surface area (TPSA) is 121 Å². The number of nitrogens with one attached hydrogen (secondary N) is 2. The lowest BCUT2D eigenvalue weighted by Crippen LogP contribution is -2.32. The molecule has 1 aromatic rings. The molecule has 0 spiro atoms. The Morgan fingerprint density at radius 3 is 2.69 bits per heavy atom. The van der Waals surface area contributed by atoms with Crippen molar-refractivity contribution in [1.82, 2.24) is 14.9 Å². The summed E-state index contributed by atoms with van der Waals surface area (Å²) < 4.78 is 3.49. The highest BCUT2D eigenvalue weighted by Gasteiger charge is 2.06. The second kappa shape index (κ2) is 5.56. The molecule has 0 aliphatic heterocycles. The predicted octanol–water partition coefficient (Wildman–Crippen LogP) is -0.173. The minimum absolute atomic E-state index is 0.368. The lowest BCUT2D eigenvalue weighted by atomic mass is 10.5. The summed E-state index contributed by atoms with van der Waals surface area (Å²) in [7, 11) is 0. The number of rotatable bonds is 3. The van der Waals surface area contributed by atoms with Crippen LogP contribution in [0.5, 0.6) is 0 Å². The van der Waals surface area contributed by atoms with Gasteiger partial charge in [0.25, 0.3) is 5.91 Å². The summed E-state index contributed by atoms with van der Waals surface area (Å²) in [5.74, 6) is -2.11. The fourth-order valence-electron chi connectivity index (χ4n) is 0.666. The van der Waals surface area contributed by atoms with Crippen LogP contribution in [0.3, 0.4) is 0 Å². The fourth-order valence-corrected chi connectivity index (χ4v) is 1.08. The maximum atomic E-state index is 11.1. The summed E-state index contributed by atoms with van der Waals surface area (Å²) in [5, 5.41) is 16.2. The first-order chi connectivity index (χ1) is 7.58. The third kappa shape index (κ3) is 4.28. The summed E-state index contributed by atoms with van der Waals surface area (Å²) >= 11 is 0.940. The van der Waals surface area contributed by atoms with Gasteiger partial charge in [-0.1, -0.05) is 4.49 Å². The molecule has 0 bridgehead atoms. The van der Waals surface area contributed by atoms with Gasteiger partial charge in [-0.15, -0.1) is 5.10 Å². The molecule has 1 rings (SSSR count). The van der Waals surface area contributed by atoms with Crippen molar-refractivity contribution in [2.75, 3.05) is 5.32 Å². The molecule has 16 heavy (non-hydrogen) atoms. The Labute approximate surface area is 93.1 Å². The number of carbonyl (C=O) groups is 3. The van der Waals surface area contributed by atoms with Crippen molar-refractivity contribution in [3.63, 3.8) is 0 Å². The van der Waals surface area contributed by atoms with Crippen LogP contribution in [0.15, 0.2) is 18.3 Å². The Morgan fingerprint density at radius 2 is 2.12 bits per heavy atom. The minimum atomic E-state index is -1.28. The fraction of sp³-hybridized carbons (Fsp3) is 0. The predicted molar refractivity (Wildman–Crippen MR) is 53.8 cm³/mol. The van der Waals surface area contributed by atoms with Gasteiger partial charge >= 0.3 is 12.0 Å². The third-order valence-electron chi connectivity index (χ3n) is 1.21. The van der Waals surface area contributed by atoms with E-state index in [1.54, 1.807) is 0 Å². The van der Waals surface area contributed by atoms with E-state index in [4.69, 9.17) is 5.11 Å². The van der Waals surface area contributed by atoms with Crippen LogP contribution in [0.1, 0.15) is 0 Å². The number of carboxylic acid groups (broad SMARTS) is 1. The van der Waals surface area contributed by atoms with Crippen molar-refractivity contribution in [2.24, 2.45) is 0 Å². The summed E-state index contributed by atoms with van der Waals surface area (Å²) in [6, 6.07) is -0.786. The number of aliphatic carboxylic acids is 1. The molecule has 0 saturated carbocycles. The van der Waals surface area contributed by atoms with Crippen LogP contribution in [-0.2, 0) is 9.59 Å². The Hall–Kier alpha value is -2.29. The summed E-state index contributed by atoms with van der Waals surface area (Å²) in [5.41, 5.74) is 0. The molecule has 0 unspecified atom stereocenters. The van der Waals surface area contributed by atoms with Gasteiger partial charge < -0.3 is 5.11 Å². The molecule has 9 heteroatoms. The molecule has 0 radical (unpaired) electrons. The highest BCUT2D eigenvalue weighted by molar-refractivity contribution is 7.10. The van der Waals surface area contributed by atoms with Crippen LogP contribution in [0.4, 0.5) is 9.80 Å². The Morgan fingerprint density at radius 1 is 1.38 bits per heavy atom. The van der Waals surface area contributed by atoms with Gasteiger partial charge in [-0.3, -0.25) is 15.4 Å². The number of urea groups is 1. The zero-order valence-electron chi connectivity index (χ0n) is 7.71. The second-order valence-electron chi connectivity index (χ2n) is 2.40. The molecule has 84 valence electrons. The van der Waals surface area contributed by atoms with Crippen LogP contribution < -0.4 is 10.6 Å². The van der Waals surface area contributed by atoms with Crippen molar-refractivity contribution in [1.29, 1.82) is 0 Å². The molecule has 1 heterocycles. The number of carbonyl (C=O) groups excluding carboxylic acids is 2. The smallest absolute Gasteiger partial charge is 0.328 e. The summed E-state index contributed by atoms with van der Waals surface area (Å²) in [6.07, 6.45) is 2.66. The molecule has 8 nitrogen and oxygen atoms in total. The Balaban J connectivity index is 2.40. The summed E-state index contributed by atoms with van der Waals surface area (Å²) in [6.45, 7) is 0. The largest absolute Gasteiger partial charge is 0.478 e. The van der Waals surface area contributed by atoms with Gasteiger partial charge in [0, 0.05) is 23.7 Å². The van der Waals surface area contributed by atoms with Gasteiger partial charge in [0.15, 0.2) is 0 Å². The zero-order valence-corrected chi connectivity index (χ0v) is 8.52. The second-order valence-corrected chi connectivity index (χ2v) is 3.18. The van der Waals surface area contributed by atoms with Crippen LogP contribution in [0, 0.1) is 0 Å². The van der Waals surface area contributed by atoms with Crippen LogP contribution in [0.25, 0.3) is 0 Å². The van der Waals surface area contributed by atoms with E-state index in [1.165, 1.54) is 6.20 Å². The molecular weight excluding hydrogens is 236 g/mol. The number of anilines is 1. The lowest BCUT2D eigenvalue weighted by Gasteiger charge is -2.00. The number of carboxylic acids is 1. The van der Waals surface area contributed by atoms with Crippen LogP contribution in [-0.4, -0.2) is 32.6 Å². The molecule has 0 fully saturated rings. The average Bonchev–Trinajstić information content (AvgIpc) is 2.67. The highest BCUT2D eigenvalue weighted by Crippen LogP contribution is 2.07. The normalized spacial score (nSPS) is 10.0. The lowest BCUT2D eigenvalue weighted by molar-refractivity contribution is -0.131. The van der Waals surface area contributed by atoms with Crippen molar-refractivity contribution >= 4 is 34.4 Å². The van der Waals surface area contributed by atoms with E-state index in [-0.39, 0.29) is 0 Å². The molecule has 3 amide bonds. The van der Waals surface area contributed by atoms with Crippen molar-refractivity contribution in [2.45, 2.75) is 0 Å². The van der Waals surface area contributed by atoms with Crippen molar-refractivity contribution in [3.05, 3.63) is 18.3 Å². The number of hydrogen-bond donors (Lipinski definition) is 3. The first kappa shape index (κ1) is 11.8. The van der Waals surface area contributed by atoms with Gasteiger partial charge in [0.1, 0.15) is 5.00 Å². The van der Waals surface area contributed by atoms with Gasteiger partial charge in [-0.2, -0.15) is 0 Å². The highest BCUT2D eigenvalue weighted by atomic mass is 32.1. The van der Waals surface area contributed by atoms with Crippen LogP contribution in [0.2, 0.25) is 0 Å². The van der Waals surface area contributed by atoms with Gasteiger partial charge in [-0.25, -0.2) is 9.59 Å². The Bertz CT molecular complexity index is 428. The van der Waals surface area contributed by atoms with E-state index in [2.05, 4.69) is 14.9 Å². The minimum Gasteiger partial charge on any atom is -0.478 e. The zero-order chi connectivity index (χ0) is 12.0. The monoisotopic (exact) mass is 242 g/mol. The molecular formula is C7H6N4O4S. The van der Waals surface area contributed by atoms with E-state index >= 15 is 0 Å². The molecule has 1 aromatic heterocycles. The number of hydrogen-bond acceptors (Lipinski definition) is 6. The van der Waals surface area contributed by atoms with Gasteiger partial charge in [0.05, 0.1) is 6.20 Å². The first-order valence-electron chi connectivity index (χ1n) is 3.88. The molecule has 0 aliphatic rings. The molecule has 0 aliphatic carbocycles. The molecule has 0 saturated heterocycles. The quantitative estimate of drug-likeness (QED) is 0.632. The van der Waals surface area contributed by atoms with Gasteiger partial charge in [0.2, 0.25) is 0 Å². The number of amides is 3.